The second-order valence-electron chi connectivity index (χ2n) is 7.92. The lowest BCUT2D eigenvalue weighted by molar-refractivity contribution is -0.117. The first-order valence-electron chi connectivity index (χ1n) is 10.3. The van der Waals surface area contributed by atoms with Gasteiger partial charge in [0.15, 0.2) is 0 Å². The number of anilines is 1. The smallest absolute Gasteiger partial charge is 0.255 e. The average Bonchev–Trinajstić information content (AvgIpc) is 3.39. The van der Waals surface area contributed by atoms with Crippen LogP contribution in [0.2, 0.25) is 5.02 Å². The third-order valence-electron chi connectivity index (χ3n) is 5.92. The van der Waals surface area contributed by atoms with Crippen LogP contribution in [0, 0.1) is 0 Å². The Hall–Kier alpha value is -2.44. The van der Waals surface area contributed by atoms with E-state index in [1.807, 2.05) is 23.1 Å². The molecule has 0 saturated carbocycles. The van der Waals surface area contributed by atoms with Gasteiger partial charge in [-0.25, -0.2) is 4.98 Å². The predicted molar refractivity (Wildman–Crippen MR) is 121 cm³/mol. The Balaban J connectivity index is 1.41. The van der Waals surface area contributed by atoms with Crippen molar-refractivity contribution in [1.29, 1.82) is 0 Å². The number of nitrogens with zero attached hydrogens (tertiary/aromatic N) is 3. The van der Waals surface area contributed by atoms with Crippen LogP contribution in [0.3, 0.4) is 0 Å². The number of carbonyl (C=O) groups is 2. The monoisotopic (exact) mass is 439 g/mol. The fourth-order valence-corrected chi connectivity index (χ4v) is 5.67. The molecule has 2 aliphatic heterocycles. The van der Waals surface area contributed by atoms with E-state index in [2.05, 4.69) is 6.07 Å². The molecule has 2 amide bonds. The number of para-hydroxylation sites is 1. The van der Waals surface area contributed by atoms with Crippen molar-refractivity contribution in [2.75, 3.05) is 24.5 Å². The molecule has 2 fully saturated rings. The number of likely N-dealkylation sites (tertiary alicyclic amines) is 1. The van der Waals surface area contributed by atoms with E-state index in [1.165, 1.54) is 4.70 Å². The zero-order valence-corrected chi connectivity index (χ0v) is 18.1. The molecule has 30 heavy (non-hydrogen) atoms. The summed E-state index contributed by atoms with van der Waals surface area (Å²) in [4.78, 5) is 34.2. The Kier molecular flexibility index (Phi) is 5.21. The minimum absolute atomic E-state index is 0.0350. The highest BCUT2D eigenvalue weighted by atomic mass is 35.5. The van der Waals surface area contributed by atoms with Gasteiger partial charge < -0.3 is 9.80 Å². The van der Waals surface area contributed by atoms with E-state index < -0.39 is 0 Å². The summed E-state index contributed by atoms with van der Waals surface area (Å²) in [6.45, 7) is 2.00. The summed E-state index contributed by atoms with van der Waals surface area (Å²) < 4.78 is 1.18. The number of thiazole rings is 1. The highest BCUT2D eigenvalue weighted by molar-refractivity contribution is 7.18. The molecule has 1 atom stereocenters. The van der Waals surface area contributed by atoms with E-state index in [4.69, 9.17) is 16.6 Å². The molecule has 3 heterocycles. The quantitative estimate of drug-likeness (QED) is 0.570. The molecule has 7 heteroatoms. The van der Waals surface area contributed by atoms with E-state index in [9.17, 15) is 9.59 Å². The Labute approximate surface area is 184 Å². The summed E-state index contributed by atoms with van der Waals surface area (Å²) in [7, 11) is 0. The topological polar surface area (TPSA) is 53.5 Å². The minimum Gasteiger partial charge on any atom is -0.338 e. The number of carbonyl (C=O) groups excluding carboxylic acids is 2. The van der Waals surface area contributed by atoms with Crippen LogP contribution in [0.25, 0.3) is 10.2 Å². The van der Waals surface area contributed by atoms with E-state index in [1.54, 1.807) is 34.4 Å². The molecule has 3 aromatic rings. The normalized spacial score (nSPS) is 19.6. The number of hydrogen-bond acceptors (Lipinski definition) is 4. The highest BCUT2D eigenvalue weighted by Gasteiger charge is 2.31. The fourth-order valence-electron chi connectivity index (χ4n) is 4.41. The first kappa shape index (κ1) is 19.5. The van der Waals surface area contributed by atoms with Gasteiger partial charge in [0.05, 0.1) is 26.5 Å². The second kappa shape index (κ2) is 8.00. The maximum atomic E-state index is 13.5. The second-order valence-corrected chi connectivity index (χ2v) is 9.42. The lowest BCUT2D eigenvalue weighted by Crippen LogP contribution is -2.40. The molecule has 0 bridgehead atoms. The summed E-state index contributed by atoms with van der Waals surface area (Å²) in [6.07, 6.45) is 3.30. The van der Waals surface area contributed by atoms with Crippen LogP contribution in [-0.4, -0.2) is 41.3 Å². The molecule has 0 radical (unpaired) electrons. The van der Waals surface area contributed by atoms with Gasteiger partial charge in [-0.05, 0) is 49.6 Å². The highest BCUT2D eigenvalue weighted by Crippen LogP contribution is 2.35. The molecule has 1 aromatic heterocycles. The number of rotatable bonds is 3. The molecule has 0 unspecified atom stereocenters. The Morgan fingerprint density at radius 2 is 2.00 bits per heavy atom. The van der Waals surface area contributed by atoms with E-state index >= 15 is 0 Å². The van der Waals surface area contributed by atoms with Crippen molar-refractivity contribution in [3.05, 3.63) is 58.1 Å². The number of fused-ring (bicyclic) bond motifs is 1. The van der Waals surface area contributed by atoms with Crippen LogP contribution in [0.15, 0.2) is 42.5 Å². The lowest BCUT2D eigenvalue weighted by atomic mass is 9.97. The number of halogens is 1. The largest absolute Gasteiger partial charge is 0.338 e. The Morgan fingerprint density at radius 3 is 2.80 bits per heavy atom. The maximum absolute atomic E-state index is 13.5. The molecular weight excluding hydrogens is 418 g/mol. The van der Waals surface area contributed by atoms with Crippen molar-refractivity contribution in [1.82, 2.24) is 9.88 Å². The van der Waals surface area contributed by atoms with Gasteiger partial charge in [0.2, 0.25) is 5.91 Å². The van der Waals surface area contributed by atoms with E-state index in [0.29, 0.717) is 35.8 Å². The number of amides is 2. The predicted octanol–water partition coefficient (Wildman–Crippen LogP) is 5.10. The van der Waals surface area contributed by atoms with Crippen LogP contribution in [0.1, 0.15) is 47.0 Å². The van der Waals surface area contributed by atoms with Gasteiger partial charge in [-0.1, -0.05) is 23.7 Å². The van der Waals surface area contributed by atoms with Gasteiger partial charge in [-0.3, -0.25) is 9.59 Å². The van der Waals surface area contributed by atoms with Crippen molar-refractivity contribution < 1.29 is 9.59 Å². The van der Waals surface area contributed by atoms with Crippen LogP contribution >= 0.6 is 22.9 Å². The molecule has 2 saturated heterocycles. The zero-order valence-electron chi connectivity index (χ0n) is 16.5. The number of hydrogen-bond donors (Lipinski definition) is 0. The third-order valence-corrected chi connectivity index (χ3v) is 7.36. The fraction of sp³-hybridized carbons (Fsp3) is 0.348. The molecule has 154 valence electrons. The van der Waals surface area contributed by atoms with Crippen LogP contribution in [0.5, 0.6) is 0 Å². The first-order valence-corrected chi connectivity index (χ1v) is 11.5. The van der Waals surface area contributed by atoms with Gasteiger partial charge in [0, 0.05) is 37.0 Å². The molecule has 2 aliphatic rings. The van der Waals surface area contributed by atoms with Crippen LogP contribution in [0.4, 0.5) is 5.69 Å². The summed E-state index contributed by atoms with van der Waals surface area (Å²) >= 11 is 7.93. The van der Waals surface area contributed by atoms with Crippen molar-refractivity contribution in [3.8, 4) is 0 Å². The summed E-state index contributed by atoms with van der Waals surface area (Å²) in [5.74, 6) is 0.258. The number of benzene rings is 2. The summed E-state index contributed by atoms with van der Waals surface area (Å²) in [5, 5.41) is 1.63. The minimum atomic E-state index is -0.0350. The van der Waals surface area contributed by atoms with Crippen molar-refractivity contribution in [2.24, 2.45) is 0 Å². The lowest BCUT2D eigenvalue weighted by Gasteiger charge is -2.33. The molecule has 5 rings (SSSR count). The number of aromatic nitrogens is 1. The standard InChI is InChI=1S/C23H22ClN3O2S/c24-16-9-10-17(19(13-16)27-12-4-8-21(27)28)23(29)26-11-3-5-15(14-26)22-25-18-6-1-2-7-20(18)30-22/h1-2,6-7,9-10,13,15H,3-5,8,11-12,14H2/t15-/m1/s1. The molecule has 0 aliphatic carbocycles. The summed E-state index contributed by atoms with van der Waals surface area (Å²) in [6, 6.07) is 13.4. The van der Waals surface area contributed by atoms with Crippen molar-refractivity contribution >= 4 is 50.7 Å². The molecule has 2 aromatic carbocycles. The Morgan fingerprint density at radius 1 is 1.13 bits per heavy atom. The van der Waals surface area contributed by atoms with E-state index in [-0.39, 0.29) is 17.7 Å². The van der Waals surface area contributed by atoms with Crippen LogP contribution in [-0.2, 0) is 4.79 Å². The average molecular weight is 440 g/mol. The van der Waals surface area contributed by atoms with Gasteiger partial charge in [0.1, 0.15) is 0 Å². The zero-order chi connectivity index (χ0) is 20.7. The molecule has 5 nitrogen and oxygen atoms in total. The SMILES string of the molecule is O=C(c1ccc(Cl)cc1N1CCCC1=O)N1CCC[C@@H](c2nc3ccccc3s2)C1. The molecule has 0 spiro atoms. The summed E-state index contributed by atoms with van der Waals surface area (Å²) in [5.41, 5.74) is 2.21. The van der Waals surface area contributed by atoms with Gasteiger partial charge in [0.25, 0.3) is 5.91 Å². The first-order chi connectivity index (χ1) is 14.6. The molecule has 0 N–H and O–H groups in total. The number of piperidine rings is 1. The van der Waals surface area contributed by atoms with Gasteiger partial charge >= 0.3 is 0 Å². The van der Waals surface area contributed by atoms with E-state index in [0.717, 1.165) is 36.3 Å². The maximum Gasteiger partial charge on any atom is 0.255 e. The molecular formula is C23H22ClN3O2S. The van der Waals surface area contributed by atoms with Gasteiger partial charge in [-0.15, -0.1) is 11.3 Å². The van der Waals surface area contributed by atoms with Gasteiger partial charge in [-0.2, -0.15) is 0 Å². The third kappa shape index (κ3) is 3.59. The van der Waals surface area contributed by atoms with Crippen LogP contribution < -0.4 is 4.90 Å². The Bertz CT molecular complexity index is 1100. The van der Waals surface area contributed by atoms with Crippen molar-refractivity contribution in [3.63, 3.8) is 0 Å². The van der Waals surface area contributed by atoms with Crippen molar-refractivity contribution in [2.45, 2.75) is 31.6 Å².